The van der Waals surface area contributed by atoms with E-state index in [4.69, 9.17) is 9.47 Å². The summed E-state index contributed by atoms with van der Waals surface area (Å²) < 4.78 is 11.1. The second-order valence-electron chi connectivity index (χ2n) is 7.15. The maximum Gasteiger partial charge on any atom is 0.326 e. The number of anilines is 1. The Morgan fingerprint density at radius 1 is 1.19 bits per heavy atom. The molecule has 0 spiro atoms. The van der Waals surface area contributed by atoms with E-state index in [9.17, 15) is 19.5 Å². The SMILES string of the molecule is CC(C(=O)O)N(C(=O)C1CCN(c2ccc3c(c2)OCCO3)C1=O)C1CC1. The Morgan fingerprint density at radius 3 is 2.56 bits per heavy atom. The Hall–Kier alpha value is -2.77. The van der Waals surface area contributed by atoms with Gasteiger partial charge in [-0.1, -0.05) is 0 Å². The van der Waals surface area contributed by atoms with Crippen LogP contribution < -0.4 is 14.4 Å². The standard InChI is InChI=1S/C19H22N2O6/c1-11(19(24)25)21(12-2-3-12)18(23)14-6-7-20(17(14)22)13-4-5-15-16(10-13)27-9-8-26-15/h4-5,10-12,14H,2-3,6-9H2,1H3,(H,24,25). The van der Waals surface area contributed by atoms with E-state index in [0.29, 0.717) is 43.4 Å². The molecule has 2 fully saturated rings. The van der Waals surface area contributed by atoms with Gasteiger partial charge in [-0.2, -0.15) is 0 Å². The fourth-order valence-electron chi connectivity index (χ4n) is 3.70. The normalized spacial score (nSPS) is 22.5. The Morgan fingerprint density at radius 2 is 1.89 bits per heavy atom. The number of nitrogens with zero attached hydrogens (tertiary/aromatic N) is 2. The van der Waals surface area contributed by atoms with Crippen LogP contribution in [0, 0.1) is 5.92 Å². The fraction of sp³-hybridized carbons (Fsp3) is 0.526. The van der Waals surface area contributed by atoms with Crippen LogP contribution in [-0.4, -0.2) is 59.6 Å². The number of carbonyl (C=O) groups is 3. The molecule has 4 rings (SSSR count). The van der Waals surface area contributed by atoms with Crippen LogP contribution in [-0.2, 0) is 14.4 Å². The molecule has 1 saturated heterocycles. The third kappa shape index (κ3) is 3.20. The van der Waals surface area contributed by atoms with E-state index in [-0.39, 0.29) is 17.9 Å². The quantitative estimate of drug-likeness (QED) is 0.780. The fourth-order valence-corrected chi connectivity index (χ4v) is 3.70. The number of carboxylic acid groups (broad SMARTS) is 1. The smallest absolute Gasteiger partial charge is 0.326 e. The highest BCUT2D eigenvalue weighted by molar-refractivity contribution is 6.10. The third-order valence-corrected chi connectivity index (χ3v) is 5.31. The van der Waals surface area contributed by atoms with Crippen molar-refractivity contribution in [1.82, 2.24) is 4.90 Å². The average molecular weight is 374 g/mol. The van der Waals surface area contributed by atoms with Gasteiger partial charge in [0.2, 0.25) is 11.8 Å². The number of rotatable bonds is 5. The number of hydrogen-bond donors (Lipinski definition) is 1. The Balaban J connectivity index is 1.53. The lowest BCUT2D eigenvalue weighted by molar-refractivity contribution is -0.153. The van der Waals surface area contributed by atoms with E-state index in [0.717, 1.165) is 12.8 Å². The molecule has 8 heteroatoms. The minimum Gasteiger partial charge on any atom is -0.486 e. The van der Waals surface area contributed by atoms with Crippen LogP contribution in [0.1, 0.15) is 26.2 Å². The van der Waals surface area contributed by atoms with Crippen LogP contribution in [0.5, 0.6) is 11.5 Å². The number of benzene rings is 1. The molecule has 3 aliphatic rings. The molecule has 8 nitrogen and oxygen atoms in total. The van der Waals surface area contributed by atoms with Crippen molar-refractivity contribution < 1.29 is 29.0 Å². The minimum absolute atomic E-state index is 0.0697. The zero-order chi connectivity index (χ0) is 19.1. The van der Waals surface area contributed by atoms with Crippen LogP contribution in [0.2, 0.25) is 0 Å². The summed E-state index contributed by atoms with van der Waals surface area (Å²) in [6.07, 6.45) is 1.95. The van der Waals surface area contributed by atoms with Crippen LogP contribution in [0.3, 0.4) is 0 Å². The summed E-state index contributed by atoms with van der Waals surface area (Å²) in [4.78, 5) is 40.2. The summed E-state index contributed by atoms with van der Waals surface area (Å²) in [6, 6.07) is 4.28. The minimum atomic E-state index is -1.05. The van der Waals surface area contributed by atoms with E-state index in [2.05, 4.69) is 0 Å². The number of amides is 2. The molecule has 2 atom stereocenters. The zero-order valence-corrected chi connectivity index (χ0v) is 15.1. The van der Waals surface area contributed by atoms with Crippen molar-refractivity contribution in [3.63, 3.8) is 0 Å². The summed E-state index contributed by atoms with van der Waals surface area (Å²) in [6.45, 7) is 2.85. The first kappa shape index (κ1) is 17.6. The molecule has 1 N–H and O–H groups in total. The predicted octanol–water partition coefficient (Wildman–Crippen LogP) is 1.27. The first-order valence-electron chi connectivity index (χ1n) is 9.23. The highest BCUT2D eigenvalue weighted by Gasteiger charge is 2.46. The average Bonchev–Trinajstić information content (AvgIpc) is 3.42. The van der Waals surface area contributed by atoms with E-state index in [1.807, 2.05) is 0 Å². The maximum atomic E-state index is 13.0. The van der Waals surface area contributed by atoms with Crippen molar-refractivity contribution in [1.29, 1.82) is 0 Å². The molecule has 1 aliphatic carbocycles. The first-order chi connectivity index (χ1) is 13.0. The van der Waals surface area contributed by atoms with Gasteiger partial charge in [0.05, 0.1) is 0 Å². The highest BCUT2D eigenvalue weighted by Crippen LogP contribution is 2.37. The van der Waals surface area contributed by atoms with E-state index in [1.54, 1.807) is 23.1 Å². The number of carboxylic acids is 1. The van der Waals surface area contributed by atoms with Gasteiger partial charge in [-0.15, -0.1) is 0 Å². The van der Waals surface area contributed by atoms with Crippen LogP contribution in [0.4, 0.5) is 5.69 Å². The first-order valence-corrected chi connectivity index (χ1v) is 9.23. The molecular formula is C19H22N2O6. The van der Waals surface area contributed by atoms with Gasteiger partial charge in [-0.3, -0.25) is 9.59 Å². The molecule has 2 unspecified atom stereocenters. The zero-order valence-electron chi connectivity index (χ0n) is 15.1. The lowest BCUT2D eigenvalue weighted by Gasteiger charge is -2.28. The lowest BCUT2D eigenvalue weighted by Crippen LogP contribution is -2.48. The molecule has 27 heavy (non-hydrogen) atoms. The summed E-state index contributed by atoms with van der Waals surface area (Å²) in [7, 11) is 0. The molecule has 144 valence electrons. The van der Waals surface area contributed by atoms with Gasteiger partial charge in [-0.05, 0) is 38.3 Å². The van der Waals surface area contributed by atoms with Gasteiger partial charge in [0.25, 0.3) is 0 Å². The number of hydrogen-bond acceptors (Lipinski definition) is 5. The van der Waals surface area contributed by atoms with Gasteiger partial charge in [0, 0.05) is 24.3 Å². The highest BCUT2D eigenvalue weighted by atomic mass is 16.6. The van der Waals surface area contributed by atoms with Gasteiger partial charge < -0.3 is 24.4 Å². The van der Waals surface area contributed by atoms with E-state index >= 15 is 0 Å². The monoisotopic (exact) mass is 374 g/mol. The van der Waals surface area contributed by atoms with Crippen molar-refractivity contribution in [2.75, 3.05) is 24.7 Å². The summed E-state index contributed by atoms with van der Waals surface area (Å²) in [5, 5.41) is 9.31. The predicted molar refractivity (Wildman–Crippen MR) is 94.9 cm³/mol. The van der Waals surface area contributed by atoms with E-state index in [1.165, 1.54) is 11.8 Å². The number of aliphatic carboxylic acids is 1. The largest absolute Gasteiger partial charge is 0.486 e. The van der Waals surface area contributed by atoms with Crippen molar-refractivity contribution in [2.45, 2.75) is 38.3 Å². The van der Waals surface area contributed by atoms with E-state index < -0.39 is 17.9 Å². The molecule has 0 aromatic heterocycles. The molecule has 2 amide bonds. The molecule has 1 aromatic carbocycles. The Labute approximate surface area is 156 Å². The molecular weight excluding hydrogens is 352 g/mol. The van der Waals surface area contributed by atoms with Crippen molar-refractivity contribution in [2.24, 2.45) is 5.92 Å². The lowest BCUT2D eigenvalue weighted by atomic mass is 10.0. The van der Waals surface area contributed by atoms with Crippen molar-refractivity contribution >= 4 is 23.5 Å². The molecule has 2 aliphatic heterocycles. The van der Waals surface area contributed by atoms with Gasteiger partial charge >= 0.3 is 5.97 Å². The van der Waals surface area contributed by atoms with Crippen LogP contribution in [0.25, 0.3) is 0 Å². The Bertz CT molecular complexity index is 790. The van der Waals surface area contributed by atoms with Gasteiger partial charge in [0.1, 0.15) is 25.2 Å². The summed E-state index contributed by atoms with van der Waals surface area (Å²) in [5.74, 6) is -1.33. The molecule has 1 saturated carbocycles. The number of carbonyl (C=O) groups excluding carboxylic acids is 2. The second-order valence-corrected chi connectivity index (χ2v) is 7.15. The van der Waals surface area contributed by atoms with Crippen molar-refractivity contribution in [3.8, 4) is 11.5 Å². The summed E-state index contributed by atoms with van der Waals surface area (Å²) in [5.41, 5.74) is 0.656. The summed E-state index contributed by atoms with van der Waals surface area (Å²) >= 11 is 0. The second kappa shape index (κ2) is 6.75. The Kier molecular flexibility index (Phi) is 4.41. The number of fused-ring (bicyclic) bond motifs is 1. The molecule has 1 aromatic rings. The van der Waals surface area contributed by atoms with Gasteiger partial charge in [0.15, 0.2) is 11.5 Å². The molecule has 0 radical (unpaired) electrons. The molecule has 2 heterocycles. The van der Waals surface area contributed by atoms with Gasteiger partial charge in [-0.25, -0.2) is 4.79 Å². The topological polar surface area (TPSA) is 96.4 Å². The third-order valence-electron chi connectivity index (χ3n) is 5.31. The number of ether oxygens (including phenoxy) is 2. The van der Waals surface area contributed by atoms with Crippen molar-refractivity contribution in [3.05, 3.63) is 18.2 Å². The molecule has 0 bridgehead atoms. The maximum absolute atomic E-state index is 13.0. The van der Waals surface area contributed by atoms with Crippen LogP contribution in [0.15, 0.2) is 18.2 Å². The van der Waals surface area contributed by atoms with Crippen LogP contribution >= 0.6 is 0 Å².